The number of ether oxygens (including phenoxy) is 2. The number of aromatic nitrogens is 8. The number of nitrogens with one attached hydrogen (secondary N) is 1. The van der Waals surface area contributed by atoms with Gasteiger partial charge in [0.05, 0.1) is 32.1 Å². The lowest BCUT2D eigenvalue weighted by molar-refractivity contribution is -0.0609. The summed E-state index contributed by atoms with van der Waals surface area (Å²) in [5, 5.41) is 31.3. The molecule has 0 aliphatic carbocycles. The van der Waals surface area contributed by atoms with Gasteiger partial charge in [-0.3, -0.25) is 32.5 Å². The van der Waals surface area contributed by atoms with Gasteiger partial charge in [0.15, 0.2) is 29.3 Å². The van der Waals surface area contributed by atoms with E-state index in [2.05, 4.69) is 29.9 Å². The van der Waals surface area contributed by atoms with Crippen molar-refractivity contribution in [1.82, 2.24) is 39.0 Å². The van der Waals surface area contributed by atoms with Crippen molar-refractivity contribution >= 4 is 44.4 Å². The minimum Gasteiger partial charge on any atom is -0.394 e. The Morgan fingerprint density at radius 3 is 2.55 bits per heavy atom. The summed E-state index contributed by atoms with van der Waals surface area (Å²) in [6.45, 7) is -1.54. The minimum absolute atomic E-state index is 0.111. The highest BCUT2D eigenvalue weighted by molar-refractivity contribution is 7.47. The lowest BCUT2D eigenvalue weighted by Crippen LogP contribution is -2.36. The average Bonchev–Trinajstić information content (AvgIpc) is 3.73. The summed E-state index contributed by atoms with van der Waals surface area (Å²) in [4.78, 5) is 54.5. The van der Waals surface area contributed by atoms with Crippen LogP contribution in [0.2, 0.25) is 0 Å². The van der Waals surface area contributed by atoms with E-state index in [-0.39, 0.29) is 22.8 Å². The van der Waals surface area contributed by atoms with Crippen LogP contribution in [0.3, 0.4) is 0 Å². The molecule has 10 atom stereocenters. The number of rotatable bonds is 10. The number of nitrogens with zero attached hydrogens (tertiary/aromatic N) is 7. The number of fused-ring (bicyclic) bond motifs is 2. The summed E-state index contributed by atoms with van der Waals surface area (Å²) in [6.07, 6.45) is -6.89. The van der Waals surface area contributed by atoms with Gasteiger partial charge in [0.25, 0.3) is 5.56 Å². The molecule has 0 aromatic carbocycles. The van der Waals surface area contributed by atoms with Crippen LogP contribution >= 0.6 is 16.1 Å². The maximum atomic E-state index is 13.1. The first-order chi connectivity index (χ1) is 21.0. The number of aromatic amines is 1. The molecule has 8 N–H and O–H groups in total. The maximum Gasteiger partial charge on any atom is 0.472 e. The maximum absolute atomic E-state index is 13.1. The number of phosphoric acid groups is 1. The third-order valence-electron chi connectivity index (χ3n) is 6.93. The van der Waals surface area contributed by atoms with Crippen molar-refractivity contribution in [3.8, 4) is 0 Å². The SMILES string of the molecule is Nc1nc2c(ncn2[C@@H]2O[C@H](CO)[C@@H](O)[C@H]2OP(=O)(O)OC[C@H]2O[C@@H](n3cnc4cncnc43)[C@H](O)[C@@H]2O[PH](=O)O)c(=O)[nH]1. The third-order valence-corrected chi connectivity index (χ3v) is 8.39. The van der Waals surface area contributed by atoms with E-state index in [1.54, 1.807) is 0 Å². The first-order valence-electron chi connectivity index (χ1n) is 12.7. The molecule has 0 saturated carbocycles. The standard InChI is InChI=1S/C20H25N9O13P2/c21-20-26-16-10(17(33)27-20)25-6-29(16)19-14(11(31)8(2-30)39-19)42-44(36,37)38-3-9-13(41-43(34)35)12(32)18(40-9)28-5-24-7-1-22-4-23-15(7)28/h1,4-6,8-9,11-14,18-19,30-32,43H,2-3H2,(H,34,35)(H,36,37)(H3,21,26,27,33)/t8-,9-,11-,12-,13-,14-,18-,19-/m1/s1. The number of aliphatic hydroxyl groups is 3. The van der Waals surface area contributed by atoms with Crippen molar-refractivity contribution in [1.29, 1.82) is 0 Å². The van der Waals surface area contributed by atoms with E-state index in [0.717, 1.165) is 10.9 Å². The molecule has 2 unspecified atom stereocenters. The zero-order valence-corrected chi connectivity index (χ0v) is 23.9. The summed E-state index contributed by atoms with van der Waals surface area (Å²) in [7, 11) is -8.78. The number of H-pyrrole nitrogens is 1. The second-order valence-corrected chi connectivity index (χ2v) is 11.8. The lowest BCUT2D eigenvalue weighted by Gasteiger charge is -2.25. The molecule has 4 aromatic rings. The highest BCUT2D eigenvalue weighted by Gasteiger charge is 2.51. The van der Waals surface area contributed by atoms with E-state index in [0.29, 0.717) is 5.52 Å². The predicted octanol–water partition coefficient (Wildman–Crippen LogP) is -2.68. The normalized spacial score (nSPS) is 31.1. The van der Waals surface area contributed by atoms with E-state index in [1.165, 1.54) is 23.4 Å². The zero-order valence-electron chi connectivity index (χ0n) is 22.0. The first kappa shape index (κ1) is 30.8. The van der Waals surface area contributed by atoms with Gasteiger partial charge in [0.1, 0.15) is 48.5 Å². The van der Waals surface area contributed by atoms with E-state index < -0.39 is 83.9 Å². The second kappa shape index (κ2) is 11.9. The van der Waals surface area contributed by atoms with Crippen LogP contribution in [0, 0.1) is 0 Å². The first-order valence-corrected chi connectivity index (χ1v) is 15.4. The Hall–Kier alpha value is -3.24. The highest BCUT2D eigenvalue weighted by atomic mass is 31.2. The fourth-order valence-corrected chi connectivity index (χ4v) is 6.46. The average molecular weight is 661 g/mol. The van der Waals surface area contributed by atoms with Crippen molar-refractivity contribution in [2.45, 2.75) is 49.1 Å². The zero-order chi connectivity index (χ0) is 31.3. The van der Waals surface area contributed by atoms with E-state index >= 15 is 0 Å². The van der Waals surface area contributed by atoms with Crippen LogP contribution in [0.5, 0.6) is 0 Å². The molecule has 2 aliphatic heterocycles. The molecule has 6 rings (SSSR count). The van der Waals surface area contributed by atoms with Crippen LogP contribution < -0.4 is 11.3 Å². The van der Waals surface area contributed by atoms with Crippen LogP contribution in [0.15, 0.2) is 30.0 Å². The van der Waals surface area contributed by atoms with Crippen LogP contribution in [-0.4, -0.2) is 114 Å². The Morgan fingerprint density at radius 2 is 1.80 bits per heavy atom. The quantitative estimate of drug-likeness (QED) is 0.0851. The number of aliphatic hydroxyl groups excluding tert-OH is 3. The molecule has 2 saturated heterocycles. The number of anilines is 1. The van der Waals surface area contributed by atoms with Crippen molar-refractivity contribution in [3.05, 3.63) is 35.5 Å². The highest BCUT2D eigenvalue weighted by Crippen LogP contribution is 2.50. The molecule has 238 valence electrons. The Morgan fingerprint density at radius 1 is 1.07 bits per heavy atom. The van der Waals surface area contributed by atoms with Crippen LogP contribution in [0.4, 0.5) is 5.95 Å². The van der Waals surface area contributed by atoms with Gasteiger partial charge in [-0.05, 0) is 0 Å². The fourth-order valence-electron chi connectivity index (χ4n) is 5.00. The van der Waals surface area contributed by atoms with E-state index in [1.807, 2.05) is 0 Å². The Balaban J connectivity index is 1.22. The molecular weight excluding hydrogens is 636 g/mol. The van der Waals surface area contributed by atoms with Gasteiger partial charge in [-0.25, -0.2) is 24.5 Å². The van der Waals surface area contributed by atoms with Crippen LogP contribution in [0.1, 0.15) is 12.5 Å². The van der Waals surface area contributed by atoms with Crippen molar-refractivity contribution in [3.63, 3.8) is 0 Å². The number of phosphoric ester groups is 1. The van der Waals surface area contributed by atoms with Crippen molar-refractivity contribution in [2.75, 3.05) is 18.9 Å². The second-order valence-electron chi connectivity index (χ2n) is 9.64. The van der Waals surface area contributed by atoms with Gasteiger partial charge >= 0.3 is 16.1 Å². The van der Waals surface area contributed by atoms with Gasteiger partial charge in [-0.1, -0.05) is 0 Å². The number of hydrogen-bond acceptors (Lipinski definition) is 17. The molecule has 0 radical (unpaired) electrons. The largest absolute Gasteiger partial charge is 0.472 e. The number of nitrogens with two attached hydrogens (primary N) is 1. The number of imidazole rings is 2. The third kappa shape index (κ3) is 5.67. The molecule has 4 aromatic heterocycles. The summed E-state index contributed by atoms with van der Waals surface area (Å²) in [5.74, 6) is -0.273. The molecule has 0 amide bonds. The van der Waals surface area contributed by atoms with Gasteiger partial charge in [-0.2, -0.15) is 4.98 Å². The Bertz CT molecular complexity index is 1800. The fraction of sp³-hybridized carbons (Fsp3) is 0.500. The molecule has 6 heterocycles. The molecule has 2 fully saturated rings. The monoisotopic (exact) mass is 661 g/mol. The lowest BCUT2D eigenvalue weighted by atomic mass is 10.1. The summed E-state index contributed by atoms with van der Waals surface area (Å²) >= 11 is 0. The molecule has 0 spiro atoms. The molecular formula is C20H25N9O13P2. The van der Waals surface area contributed by atoms with Crippen molar-refractivity contribution < 1.29 is 57.3 Å². The van der Waals surface area contributed by atoms with Gasteiger partial charge in [0, 0.05) is 0 Å². The minimum atomic E-state index is -5.14. The van der Waals surface area contributed by atoms with Crippen LogP contribution in [-0.2, 0) is 32.2 Å². The van der Waals surface area contributed by atoms with E-state index in [4.69, 9.17) is 28.8 Å². The van der Waals surface area contributed by atoms with Gasteiger partial charge < -0.3 is 44.8 Å². The predicted molar refractivity (Wildman–Crippen MR) is 142 cm³/mol. The summed E-state index contributed by atoms with van der Waals surface area (Å²) in [6, 6.07) is 0. The molecule has 0 bridgehead atoms. The molecule has 24 heteroatoms. The molecule has 44 heavy (non-hydrogen) atoms. The Labute approximate surface area is 244 Å². The summed E-state index contributed by atoms with van der Waals surface area (Å²) < 4.78 is 53.8. The summed E-state index contributed by atoms with van der Waals surface area (Å²) in [5.41, 5.74) is 5.27. The molecule has 22 nitrogen and oxygen atoms in total. The Kier molecular flexibility index (Phi) is 8.34. The van der Waals surface area contributed by atoms with Crippen molar-refractivity contribution in [2.24, 2.45) is 0 Å². The number of nitrogen functional groups attached to an aromatic ring is 1. The van der Waals surface area contributed by atoms with E-state index in [9.17, 15) is 39.0 Å². The smallest absolute Gasteiger partial charge is 0.394 e. The van der Waals surface area contributed by atoms with Gasteiger partial charge in [0.2, 0.25) is 5.95 Å². The van der Waals surface area contributed by atoms with Crippen LogP contribution in [0.25, 0.3) is 22.3 Å². The topological polar surface area (TPSA) is 315 Å². The van der Waals surface area contributed by atoms with Gasteiger partial charge in [-0.15, -0.1) is 0 Å². The number of hydrogen-bond donors (Lipinski definition) is 7. The molecule has 2 aliphatic rings.